The number of oxazole rings is 1. The summed E-state index contributed by atoms with van der Waals surface area (Å²) in [7, 11) is -4.25. The summed E-state index contributed by atoms with van der Waals surface area (Å²) in [6.07, 6.45) is 2.43. The van der Waals surface area contributed by atoms with Crippen molar-refractivity contribution in [1.82, 2.24) is 9.47 Å². The Hall–Kier alpha value is -3.72. The van der Waals surface area contributed by atoms with Gasteiger partial charge in [0.25, 0.3) is 0 Å². The minimum Gasteiger partial charge on any atom is -0.458 e. The van der Waals surface area contributed by atoms with E-state index in [1.165, 1.54) is 9.47 Å². The molecular formula is C32H39N2O8P. The van der Waals surface area contributed by atoms with Crippen LogP contribution in [0.1, 0.15) is 53.5 Å². The number of hydrogen-bond acceptors (Lipinski definition) is 8. The number of amides is 1. The molecule has 1 amide bonds. The second kappa shape index (κ2) is 13.3. The number of aromatic nitrogens is 1. The van der Waals surface area contributed by atoms with Gasteiger partial charge in [-0.25, -0.2) is 9.59 Å². The predicted octanol–water partition coefficient (Wildman–Crippen LogP) is 6.43. The van der Waals surface area contributed by atoms with Gasteiger partial charge in [-0.3, -0.25) is 13.9 Å². The van der Waals surface area contributed by atoms with Crippen LogP contribution in [-0.4, -0.2) is 52.0 Å². The topological polar surface area (TPSA) is 117 Å². The number of benzene rings is 2. The molecule has 1 unspecified atom stereocenters. The monoisotopic (exact) mass is 610 g/mol. The van der Waals surface area contributed by atoms with Crippen molar-refractivity contribution in [2.45, 2.75) is 70.9 Å². The average molecular weight is 611 g/mol. The Labute approximate surface area is 251 Å². The zero-order valence-corrected chi connectivity index (χ0v) is 26.1. The zero-order chi connectivity index (χ0) is 31.4. The van der Waals surface area contributed by atoms with E-state index in [1.54, 1.807) is 40.7 Å². The Balaban J connectivity index is 1.90. The Morgan fingerprint density at radius 3 is 2.07 bits per heavy atom. The third-order valence-electron chi connectivity index (χ3n) is 6.90. The molecule has 230 valence electrons. The zero-order valence-electron chi connectivity index (χ0n) is 25.2. The Morgan fingerprint density at radius 1 is 1.00 bits per heavy atom. The fourth-order valence-corrected chi connectivity index (χ4v) is 7.28. The summed E-state index contributed by atoms with van der Waals surface area (Å²) in [6.45, 7) is 12.0. The van der Waals surface area contributed by atoms with E-state index in [-0.39, 0.29) is 13.2 Å². The summed E-state index contributed by atoms with van der Waals surface area (Å²) >= 11 is 0. The van der Waals surface area contributed by atoms with Crippen molar-refractivity contribution in [2.24, 2.45) is 0 Å². The number of nitrogens with zero attached hydrogens (tertiary/aromatic N) is 2. The van der Waals surface area contributed by atoms with Crippen LogP contribution in [0.5, 0.6) is 0 Å². The van der Waals surface area contributed by atoms with Crippen molar-refractivity contribution in [1.29, 1.82) is 0 Å². The fraction of sp³-hybridized carbons (Fsp3) is 0.406. The van der Waals surface area contributed by atoms with Crippen molar-refractivity contribution in [3.63, 3.8) is 0 Å². The summed E-state index contributed by atoms with van der Waals surface area (Å²) in [5.41, 5.74) is 0.797. The molecule has 1 aliphatic rings. The number of esters is 1. The van der Waals surface area contributed by atoms with E-state index in [0.717, 1.165) is 0 Å². The normalized spacial score (nSPS) is 17.8. The Bertz CT molecular complexity index is 1530. The van der Waals surface area contributed by atoms with Crippen LogP contribution >= 0.6 is 7.60 Å². The van der Waals surface area contributed by atoms with Crippen molar-refractivity contribution >= 4 is 19.5 Å². The number of likely N-dealkylation sites (tertiary alicyclic amines) is 1. The molecule has 0 radical (unpaired) electrons. The first-order chi connectivity index (χ1) is 20.5. The van der Waals surface area contributed by atoms with Crippen molar-refractivity contribution in [2.75, 3.05) is 13.2 Å². The molecule has 4 rings (SSSR count). The molecule has 3 atom stereocenters. The summed E-state index contributed by atoms with van der Waals surface area (Å²) in [6, 6.07) is 16.5. The van der Waals surface area contributed by atoms with Gasteiger partial charge in [0, 0.05) is 11.1 Å². The van der Waals surface area contributed by atoms with Gasteiger partial charge in [0.05, 0.1) is 24.9 Å². The number of allylic oxidation sites excluding steroid dienone is 1. The van der Waals surface area contributed by atoms with Gasteiger partial charge in [-0.2, -0.15) is 0 Å². The highest BCUT2D eigenvalue weighted by atomic mass is 31.2. The maximum atomic E-state index is 14.2. The molecule has 1 aliphatic heterocycles. The van der Waals surface area contributed by atoms with Crippen LogP contribution in [0.4, 0.5) is 0 Å². The van der Waals surface area contributed by atoms with Gasteiger partial charge in [0.2, 0.25) is 11.7 Å². The van der Waals surface area contributed by atoms with Crippen LogP contribution in [0, 0.1) is 0 Å². The lowest BCUT2D eigenvalue weighted by atomic mass is 9.89. The second-order valence-corrected chi connectivity index (χ2v) is 13.1. The van der Waals surface area contributed by atoms with Gasteiger partial charge >= 0.3 is 19.3 Å². The highest BCUT2D eigenvalue weighted by Crippen LogP contribution is 2.58. The van der Waals surface area contributed by atoms with Crippen molar-refractivity contribution in [3.8, 4) is 22.6 Å². The number of carbonyl (C=O) groups is 2. The lowest BCUT2D eigenvalue weighted by Gasteiger charge is -2.51. The van der Waals surface area contributed by atoms with Gasteiger partial charge < -0.3 is 23.1 Å². The molecule has 0 spiro atoms. The third-order valence-corrected chi connectivity index (χ3v) is 9.19. The van der Waals surface area contributed by atoms with Crippen LogP contribution in [0.25, 0.3) is 22.6 Å². The summed E-state index contributed by atoms with van der Waals surface area (Å²) in [5.74, 6) is -3.62. The van der Waals surface area contributed by atoms with Gasteiger partial charge in [0.15, 0.2) is 5.76 Å². The van der Waals surface area contributed by atoms with E-state index in [0.29, 0.717) is 35.4 Å². The lowest BCUT2D eigenvalue weighted by molar-refractivity contribution is -0.173. The molecule has 1 saturated heterocycles. The van der Waals surface area contributed by atoms with Gasteiger partial charge in [-0.05, 0) is 47.5 Å². The number of β-lactam (4-membered cyclic amide) rings is 1. The molecule has 1 aromatic heterocycles. The standard InChI is InChI=1S/C32H39N2O8P/c1-7-10-21-24-26(28(35)33(24)29(30(36)42-32(4,5)6)43(38,39-8-2)40-9-3)34-25(22-17-13-11-14-18-22)27(41-31(34)37)23-19-15-12-16-20-23/h7,11-20,24,26,29H,1,8-10,21H2,2-6H3/t24-,26+,29?/m1/s1. The highest BCUT2D eigenvalue weighted by Gasteiger charge is 2.61. The van der Waals surface area contributed by atoms with Gasteiger partial charge in [-0.1, -0.05) is 66.7 Å². The molecule has 2 aromatic carbocycles. The van der Waals surface area contributed by atoms with E-state index in [4.69, 9.17) is 18.2 Å². The summed E-state index contributed by atoms with van der Waals surface area (Å²) < 4.78 is 38.1. The Kier molecular flexibility index (Phi) is 9.95. The van der Waals surface area contributed by atoms with Crippen LogP contribution in [0.3, 0.4) is 0 Å². The van der Waals surface area contributed by atoms with Gasteiger partial charge in [-0.15, -0.1) is 6.58 Å². The maximum absolute atomic E-state index is 14.2. The third kappa shape index (κ3) is 6.61. The summed E-state index contributed by atoms with van der Waals surface area (Å²) in [5, 5.41) is 0. The number of hydrogen-bond donors (Lipinski definition) is 0. The summed E-state index contributed by atoms with van der Waals surface area (Å²) in [4.78, 5) is 42.7. The first-order valence-electron chi connectivity index (χ1n) is 14.4. The van der Waals surface area contributed by atoms with E-state index < -0.39 is 48.7 Å². The van der Waals surface area contributed by atoms with E-state index in [9.17, 15) is 18.9 Å². The molecule has 1 fully saturated rings. The smallest absolute Gasteiger partial charge is 0.420 e. The Morgan fingerprint density at radius 2 is 1.56 bits per heavy atom. The molecule has 0 bridgehead atoms. The molecule has 3 aromatic rings. The van der Waals surface area contributed by atoms with Crippen LogP contribution in [-0.2, 0) is 27.9 Å². The first-order valence-corrected chi connectivity index (χ1v) is 16.0. The molecule has 10 nitrogen and oxygen atoms in total. The molecular weight excluding hydrogens is 571 g/mol. The molecule has 2 heterocycles. The average Bonchev–Trinajstić information content (AvgIpc) is 3.29. The van der Waals surface area contributed by atoms with Crippen LogP contribution in [0.2, 0.25) is 0 Å². The maximum Gasteiger partial charge on any atom is 0.420 e. The molecule has 0 saturated carbocycles. The molecule has 43 heavy (non-hydrogen) atoms. The van der Waals surface area contributed by atoms with E-state index >= 15 is 0 Å². The minimum atomic E-state index is -4.25. The molecule has 0 aliphatic carbocycles. The van der Waals surface area contributed by atoms with Crippen molar-refractivity contribution < 1.29 is 32.4 Å². The van der Waals surface area contributed by atoms with Gasteiger partial charge in [0.1, 0.15) is 11.6 Å². The van der Waals surface area contributed by atoms with Crippen LogP contribution < -0.4 is 5.76 Å². The number of carbonyl (C=O) groups excluding carboxylic acids is 2. The molecule has 0 N–H and O–H groups in total. The van der Waals surface area contributed by atoms with E-state index in [2.05, 4.69) is 6.58 Å². The highest BCUT2D eigenvalue weighted by molar-refractivity contribution is 7.55. The van der Waals surface area contributed by atoms with E-state index in [1.807, 2.05) is 60.7 Å². The largest absolute Gasteiger partial charge is 0.458 e. The molecule has 11 heteroatoms. The minimum absolute atomic E-state index is 0.0286. The number of rotatable bonds is 13. The second-order valence-electron chi connectivity index (χ2n) is 11.1. The predicted molar refractivity (Wildman–Crippen MR) is 163 cm³/mol. The lowest BCUT2D eigenvalue weighted by Crippen LogP contribution is -2.67. The van der Waals surface area contributed by atoms with Crippen LogP contribution in [0.15, 0.2) is 82.5 Å². The quantitative estimate of drug-likeness (QED) is 0.0941. The SMILES string of the molecule is C=CCC[C@@H]1[C@H](n2c(-c3ccccc3)c(-c3ccccc3)oc2=O)C(=O)N1C(C(=O)OC(C)(C)C)P(=O)(OCC)OCC. The first kappa shape index (κ1) is 32.2. The fourth-order valence-electron chi connectivity index (χ4n) is 5.30. The number of ether oxygens (including phenoxy) is 1. The van der Waals surface area contributed by atoms with Crippen molar-refractivity contribution in [3.05, 3.63) is 83.9 Å².